The summed E-state index contributed by atoms with van der Waals surface area (Å²) in [7, 11) is 1.63. The summed E-state index contributed by atoms with van der Waals surface area (Å²) < 4.78 is 19.3. The van der Waals surface area contributed by atoms with Crippen molar-refractivity contribution in [3.8, 4) is 0 Å². The average molecular weight is 309 g/mol. The maximum absolute atomic E-state index is 14.0. The standard InChI is InChI=1S/C14H20FN5O2/c1-16-13(21)10-2-3-20(9-10)14-17-8-11(15)12(18-14)19-4-6-22-7-5-19/h8,10H,2-7,9H2,1H3,(H,16,21). The van der Waals surface area contributed by atoms with E-state index in [2.05, 4.69) is 15.3 Å². The number of aromatic nitrogens is 2. The topological polar surface area (TPSA) is 70.6 Å². The minimum absolute atomic E-state index is 0.0259. The molecule has 2 aliphatic rings. The molecule has 22 heavy (non-hydrogen) atoms. The van der Waals surface area contributed by atoms with E-state index in [4.69, 9.17) is 4.74 Å². The average Bonchev–Trinajstić information content (AvgIpc) is 3.05. The molecule has 120 valence electrons. The summed E-state index contributed by atoms with van der Waals surface area (Å²) in [5, 5.41) is 2.66. The highest BCUT2D eigenvalue weighted by Gasteiger charge is 2.30. The third-order valence-electron chi connectivity index (χ3n) is 4.11. The summed E-state index contributed by atoms with van der Waals surface area (Å²) in [6.45, 7) is 3.64. The molecule has 2 saturated heterocycles. The predicted molar refractivity (Wildman–Crippen MR) is 79.4 cm³/mol. The molecule has 8 heteroatoms. The van der Waals surface area contributed by atoms with Gasteiger partial charge in [0.1, 0.15) is 0 Å². The van der Waals surface area contributed by atoms with Crippen LogP contribution in [0.3, 0.4) is 0 Å². The molecule has 1 unspecified atom stereocenters. The van der Waals surface area contributed by atoms with Crippen LogP contribution in [0.4, 0.5) is 16.2 Å². The van der Waals surface area contributed by atoms with Gasteiger partial charge in [0.15, 0.2) is 11.6 Å². The molecule has 0 aliphatic carbocycles. The largest absolute Gasteiger partial charge is 0.378 e. The van der Waals surface area contributed by atoms with Gasteiger partial charge >= 0.3 is 0 Å². The Bertz CT molecular complexity index is 550. The van der Waals surface area contributed by atoms with Crippen molar-refractivity contribution in [2.24, 2.45) is 5.92 Å². The van der Waals surface area contributed by atoms with E-state index in [9.17, 15) is 9.18 Å². The summed E-state index contributed by atoms with van der Waals surface area (Å²) in [6.07, 6.45) is 1.97. The van der Waals surface area contributed by atoms with E-state index >= 15 is 0 Å². The van der Waals surface area contributed by atoms with Gasteiger partial charge in [0.25, 0.3) is 0 Å². The van der Waals surface area contributed by atoms with Crippen LogP contribution in [-0.2, 0) is 9.53 Å². The molecule has 1 atom stereocenters. The monoisotopic (exact) mass is 309 g/mol. The first-order chi connectivity index (χ1) is 10.7. The number of ether oxygens (including phenoxy) is 1. The Labute approximate surface area is 128 Å². The second kappa shape index (κ2) is 6.43. The lowest BCUT2D eigenvalue weighted by molar-refractivity contribution is -0.123. The predicted octanol–water partition coefficient (Wildman–Crippen LogP) is 0.0246. The van der Waals surface area contributed by atoms with E-state index in [0.717, 1.165) is 6.42 Å². The number of carbonyl (C=O) groups is 1. The number of morpholine rings is 1. The number of anilines is 2. The smallest absolute Gasteiger partial charge is 0.227 e. The molecule has 1 N–H and O–H groups in total. The van der Waals surface area contributed by atoms with E-state index in [1.165, 1.54) is 6.20 Å². The number of amides is 1. The van der Waals surface area contributed by atoms with E-state index in [0.29, 0.717) is 51.2 Å². The number of halogens is 1. The van der Waals surface area contributed by atoms with Gasteiger partial charge < -0.3 is 19.9 Å². The Balaban J connectivity index is 1.76. The third-order valence-corrected chi connectivity index (χ3v) is 4.11. The van der Waals surface area contributed by atoms with Gasteiger partial charge in [-0.25, -0.2) is 9.37 Å². The van der Waals surface area contributed by atoms with Crippen LogP contribution in [0.5, 0.6) is 0 Å². The van der Waals surface area contributed by atoms with Crippen LogP contribution in [0.25, 0.3) is 0 Å². The maximum atomic E-state index is 14.0. The quantitative estimate of drug-likeness (QED) is 0.849. The normalized spacial score (nSPS) is 22.0. The summed E-state index contributed by atoms with van der Waals surface area (Å²) in [4.78, 5) is 24.0. The Morgan fingerprint density at radius 2 is 2.14 bits per heavy atom. The van der Waals surface area contributed by atoms with Gasteiger partial charge in [-0.1, -0.05) is 0 Å². The fourth-order valence-corrected chi connectivity index (χ4v) is 2.86. The Hall–Kier alpha value is -1.96. The molecular weight excluding hydrogens is 289 g/mol. The highest BCUT2D eigenvalue weighted by molar-refractivity contribution is 5.79. The minimum atomic E-state index is -0.423. The van der Waals surface area contributed by atoms with Gasteiger partial charge in [0, 0.05) is 33.2 Å². The van der Waals surface area contributed by atoms with Crippen LogP contribution in [0.15, 0.2) is 6.20 Å². The summed E-state index contributed by atoms with van der Waals surface area (Å²) >= 11 is 0. The Morgan fingerprint density at radius 3 is 2.86 bits per heavy atom. The van der Waals surface area contributed by atoms with E-state index in [1.807, 2.05) is 9.80 Å². The van der Waals surface area contributed by atoms with Gasteiger partial charge in [0.2, 0.25) is 11.9 Å². The second-order valence-electron chi connectivity index (χ2n) is 5.49. The Kier molecular flexibility index (Phi) is 4.37. The molecule has 7 nitrogen and oxygen atoms in total. The first-order valence-corrected chi connectivity index (χ1v) is 7.51. The number of nitrogens with zero attached hydrogens (tertiary/aromatic N) is 4. The lowest BCUT2D eigenvalue weighted by Gasteiger charge is -2.28. The SMILES string of the molecule is CNC(=O)C1CCN(c2ncc(F)c(N3CCOCC3)n2)C1. The minimum Gasteiger partial charge on any atom is -0.378 e. The highest BCUT2D eigenvalue weighted by atomic mass is 19.1. The van der Waals surface area contributed by atoms with Gasteiger partial charge in [0.05, 0.1) is 25.3 Å². The molecule has 2 aliphatic heterocycles. The van der Waals surface area contributed by atoms with Crippen molar-refractivity contribution in [1.29, 1.82) is 0 Å². The molecule has 0 radical (unpaired) electrons. The molecule has 3 rings (SSSR count). The van der Waals surface area contributed by atoms with E-state index < -0.39 is 5.82 Å². The number of rotatable bonds is 3. The van der Waals surface area contributed by atoms with E-state index in [1.54, 1.807) is 7.05 Å². The maximum Gasteiger partial charge on any atom is 0.227 e. The van der Waals surface area contributed by atoms with Crippen LogP contribution in [0.2, 0.25) is 0 Å². The molecule has 0 spiro atoms. The number of hydrogen-bond acceptors (Lipinski definition) is 6. The molecular formula is C14H20FN5O2. The molecule has 3 heterocycles. The van der Waals surface area contributed by atoms with Crippen LogP contribution in [-0.4, -0.2) is 62.3 Å². The van der Waals surface area contributed by atoms with Crippen molar-refractivity contribution in [1.82, 2.24) is 15.3 Å². The van der Waals surface area contributed by atoms with Crippen molar-refractivity contribution >= 4 is 17.7 Å². The second-order valence-corrected chi connectivity index (χ2v) is 5.49. The van der Waals surface area contributed by atoms with E-state index in [-0.39, 0.29) is 11.8 Å². The van der Waals surface area contributed by atoms with Crippen molar-refractivity contribution < 1.29 is 13.9 Å². The molecule has 2 fully saturated rings. The molecule has 0 bridgehead atoms. The van der Waals surface area contributed by atoms with Gasteiger partial charge in [-0.15, -0.1) is 0 Å². The summed E-state index contributed by atoms with van der Waals surface area (Å²) in [5.74, 6) is 0.335. The summed E-state index contributed by atoms with van der Waals surface area (Å²) in [5.41, 5.74) is 0. The molecule has 0 aromatic carbocycles. The molecule has 1 aromatic rings. The fourth-order valence-electron chi connectivity index (χ4n) is 2.86. The molecule has 0 saturated carbocycles. The zero-order chi connectivity index (χ0) is 15.5. The van der Waals surface area contributed by atoms with Crippen LogP contribution in [0.1, 0.15) is 6.42 Å². The van der Waals surface area contributed by atoms with Crippen molar-refractivity contribution in [2.45, 2.75) is 6.42 Å². The molecule has 1 aromatic heterocycles. The zero-order valence-electron chi connectivity index (χ0n) is 12.6. The van der Waals surface area contributed by atoms with Gasteiger partial charge in [-0.3, -0.25) is 4.79 Å². The number of carbonyl (C=O) groups excluding carboxylic acids is 1. The van der Waals surface area contributed by atoms with Crippen LogP contribution in [0, 0.1) is 11.7 Å². The van der Waals surface area contributed by atoms with Crippen molar-refractivity contribution in [3.63, 3.8) is 0 Å². The lowest BCUT2D eigenvalue weighted by atomic mass is 10.1. The lowest BCUT2D eigenvalue weighted by Crippen LogP contribution is -2.38. The van der Waals surface area contributed by atoms with Crippen LogP contribution >= 0.6 is 0 Å². The van der Waals surface area contributed by atoms with Crippen LogP contribution < -0.4 is 15.1 Å². The fraction of sp³-hybridized carbons (Fsp3) is 0.643. The van der Waals surface area contributed by atoms with Gasteiger partial charge in [-0.2, -0.15) is 4.98 Å². The Morgan fingerprint density at radius 1 is 1.36 bits per heavy atom. The zero-order valence-corrected chi connectivity index (χ0v) is 12.6. The number of hydrogen-bond donors (Lipinski definition) is 1. The molecule has 1 amide bonds. The third kappa shape index (κ3) is 2.96. The van der Waals surface area contributed by atoms with Crippen molar-refractivity contribution in [2.75, 3.05) is 56.2 Å². The van der Waals surface area contributed by atoms with Gasteiger partial charge in [-0.05, 0) is 6.42 Å². The summed E-state index contributed by atoms with van der Waals surface area (Å²) in [6, 6.07) is 0. The highest BCUT2D eigenvalue weighted by Crippen LogP contribution is 2.24. The first kappa shape index (κ1) is 15.0. The van der Waals surface area contributed by atoms with Crippen molar-refractivity contribution in [3.05, 3.63) is 12.0 Å². The number of nitrogens with one attached hydrogen (secondary N) is 1. The first-order valence-electron chi connectivity index (χ1n) is 7.51.